The molecule has 1 fully saturated rings. The number of rotatable bonds is 2. The van der Waals surface area contributed by atoms with E-state index in [0.29, 0.717) is 24.0 Å². The lowest BCUT2D eigenvalue weighted by Gasteiger charge is -2.32. The number of nitrogens with one attached hydrogen (secondary N) is 2. The van der Waals surface area contributed by atoms with Crippen molar-refractivity contribution in [1.29, 1.82) is 0 Å². The van der Waals surface area contributed by atoms with Crippen LogP contribution in [0.3, 0.4) is 0 Å². The van der Waals surface area contributed by atoms with Crippen LogP contribution in [-0.4, -0.2) is 47.2 Å². The normalized spacial score (nSPS) is 17.1. The molecule has 1 amide bonds. The van der Waals surface area contributed by atoms with Crippen molar-refractivity contribution in [2.45, 2.75) is 18.9 Å². The maximum Gasteiger partial charge on any atom is 0.409 e. The number of halogens is 2. The summed E-state index contributed by atoms with van der Waals surface area (Å²) in [6.45, 7) is 1.24. The Bertz CT molecular complexity index is 1130. The van der Waals surface area contributed by atoms with Crippen LogP contribution in [0.15, 0.2) is 33.7 Å². The van der Waals surface area contributed by atoms with Gasteiger partial charge in [0.05, 0.1) is 21.6 Å². The number of methoxy groups -OCH3 is 1. The third-order valence-electron chi connectivity index (χ3n) is 4.94. The number of anilines is 1. The summed E-state index contributed by atoms with van der Waals surface area (Å²) in [5.74, 6) is 0.718. The molecule has 0 unspecified atom stereocenters. The van der Waals surface area contributed by atoms with Crippen molar-refractivity contribution in [3.8, 4) is 0 Å². The van der Waals surface area contributed by atoms with Gasteiger partial charge in [0.2, 0.25) is 0 Å². The van der Waals surface area contributed by atoms with E-state index in [2.05, 4.69) is 48.8 Å². The first-order valence-electron chi connectivity index (χ1n) is 8.87. The molecular formula is C19H18BrIN4O3. The van der Waals surface area contributed by atoms with Gasteiger partial charge in [-0.15, -0.1) is 0 Å². The van der Waals surface area contributed by atoms with E-state index in [-0.39, 0.29) is 17.7 Å². The first-order chi connectivity index (χ1) is 13.5. The van der Waals surface area contributed by atoms with Gasteiger partial charge in [-0.3, -0.25) is 4.79 Å². The lowest BCUT2D eigenvalue weighted by Crippen LogP contribution is -2.45. The number of fused-ring (bicyclic) bond motifs is 3. The molecule has 2 N–H and O–H groups in total. The Morgan fingerprint density at radius 3 is 3.04 bits per heavy atom. The third-order valence-corrected chi connectivity index (χ3v) is 6.26. The van der Waals surface area contributed by atoms with Crippen LogP contribution >= 0.6 is 38.5 Å². The Morgan fingerprint density at radius 2 is 2.25 bits per heavy atom. The lowest BCUT2D eigenvalue weighted by atomic mass is 10.0. The van der Waals surface area contributed by atoms with E-state index in [4.69, 9.17) is 9.72 Å². The number of hydrogen-bond donors (Lipinski definition) is 2. The first-order valence-corrected chi connectivity index (χ1v) is 10.7. The smallest absolute Gasteiger partial charge is 0.409 e. The fourth-order valence-electron chi connectivity index (χ4n) is 3.65. The van der Waals surface area contributed by atoms with Crippen molar-refractivity contribution >= 4 is 72.1 Å². The van der Waals surface area contributed by atoms with Crippen molar-refractivity contribution in [2.75, 3.05) is 25.5 Å². The van der Waals surface area contributed by atoms with E-state index >= 15 is 0 Å². The molecule has 3 aromatic rings. The molecule has 1 aliphatic heterocycles. The minimum Gasteiger partial charge on any atom is -0.453 e. The van der Waals surface area contributed by atoms with Gasteiger partial charge in [0.15, 0.2) is 0 Å². The highest BCUT2D eigenvalue weighted by Gasteiger charge is 2.25. The van der Waals surface area contributed by atoms with Gasteiger partial charge in [-0.25, -0.2) is 9.78 Å². The fraction of sp³-hybridized carbons (Fsp3) is 0.316. The zero-order valence-electron chi connectivity index (χ0n) is 15.1. The average molecular weight is 557 g/mol. The summed E-state index contributed by atoms with van der Waals surface area (Å²) in [5.41, 5.74) is 0.505. The number of benzene rings is 1. The van der Waals surface area contributed by atoms with Crippen LogP contribution in [0.5, 0.6) is 0 Å². The zero-order chi connectivity index (χ0) is 19.8. The van der Waals surface area contributed by atoms with Gasteiger partial charge in [-0.05, 0) is 53.6 Å². The molecule has 0 aliphatic carbocycles. The number of nitrogens with zero attached hydrogens (tertiary/aromatic N) is 2. The summed E-state index contributed by atoms with van der Waals surface area (Å²) in [5, 5.41) is 5.79. The van der Waals surface area contributed by atoms with Gasteiger partial charge < -0.3 is 19.9 Å². The van der Waals surface area contributed by atoms with Crippen molar-refractivity contribution in [3.05, 3.63) is 42.8 Å². The summed E-state index contributed by atoms with van der Waals surface area (Å²) in [7, 11) is 1.40. The van der Waals surface area contributed by atoms with Crippen LogP contribution in [0.2, 0.25) is 0 Å². The number of pyridine rings is 2. The molecule has 4 rings (SSSR count). The maximum absolute atomic E-state index is 12.5. The maximum atomic E-state index is 12.5. The lowest BCUT2D eigenvalue weighted by molar-refractivity contribution is 0.113. The third kappa shape index (κ3) is 3.57. The summed E-state index contributed by atoms with van der Waals surface area (Å²) in [6, 6.07) is 5.89. The van der Waals surface area contributed by atoms with Crippen LogP contribution in [0, 0.1) is 3.57 Å². The first kappa shape index (κ1) is 19.4. The quantitative estimate of drug-likeness (QED) is 0.367. The number of hydrogen-bond acceptors (Lipinski definition) is 5. The van der Waals surface area contributed by atoms with Gasteiger partial charge in [-0.2, -0.15) is 0 Å². The largest absolute Gasteiger partial charge is 0.453 e. The Labute approximate surface area is 183 Å². The highest BCUT2D eigenvalue weighted by atomic mass is 127. The standard InChI is InChI=1S/C19H18BrIN4O3/c1-28-19(27)25-6-2-3-11(9-25)23-17-12-5-4-10(20)7-13(12)15-16(24-17)14(21)8-22-18(15)26/h4-5,7-8,11H,2-3,6,9H2,1H3,(H,22,26)(H,23,24)/t11-/m0/s1. The molecule has 0 spiro atoms. The molecule has 146 valence electrons. The number of likely N-dealkylation sites (tertiary alicyclic amines) is 1. The van der Waals surface area contributed by atoms with E-state index in [1.807, 2.05) is 18.2 Å². The SMILES string of the molecule is COC(=O)N1CCC[C@H](Nc2nc3c(I)c[nH]c(=O)c3c3cc(Br)ccc23)C1. The number of carbonyl (C=O) groups excluding carboxylic acids is 1. The number of H-pyrrole nitrogens is 1. The van der Waals surface area contributed by atoms with E-state index in [9.17, 15) is 9.59 Å². The van der Waals surface area contributed by atoms with Crippen LogP contribution < -0.4 is 10.9 Å². The number of piperidine rings is 1. The fourth-order valence-corrected chi connectivity index (χ4v) is 4.56. The number of aromatic nitrogens is 2. The molecule has 0 bridgehead atoms. The van der Waals surface area contributed by atoms with Gasteiger partial charge in [0.1, 0.15) is 5.82 Å². The van der Waals surface area contributed by atoms with Crippen LogP contribution in [0.25, 0.3) is 21.7 Å². The summed E-state index contributed by atoms with van der Waals surface area (Å²) < 4.78 is 6.62. The second-order valence-electron chi connectivity index (χ2n) is 6.74. The van der Waals surface area contributed by atoms with Gasteiger partial charge in [0.25, 0.3) is 5.56 Å². The van der Waals surface area contributed by atoms with E-state index in [0.717, 1.165) is 37.5 Å². The van der Waals surface area contributed by atoms with Crippen LogP contribution in [-0.2, 0) is 4.74 Å². The van der Waals surface area contributed by atoms with Gasteiger partial charge in [0, 0.05) is 40.6 Å². The molecule has 1 aliphatic rings. The topological polar surface area (TPSA) is 87.3 Å². The predicted molar refractivity (Wildman–Crippen MR) is 121 cm³/mol. The predicted octanol–water partition coefficient (Wildman–Crippen LogP) is 4.09. The molecule has 3 heterocycles. The molecule has 1 saturated heterocycles. The highest BCUT2D eigenvalue weighted by molar-refractivity contribution is 14.1. The molecule has 1 aromatic carbocycles. The van der Waals surface area contributed by atoms with E-state index < -0.39 is 0 Å². The molecule has 0 saturated carbocycles. The molecular weight excluding hydrogens is 539 g/mol. The second kappa shape index (κ2) is 7.86. The van der Waals surface area contributed by atoms with Crippen LogP contribution in [0.4, 0.5) is 10.6 Å². The van der Waals surface area contributed by atoms with E-state index in [1.54, 1.807) is 11.1 Å². The number of carbonyl (C=O) groups is 1. The van der Waals surface area contributed by atoms with E-state index in [1.165, 1.54) is 7.11 Å². The summed E-state index contributed by atoms with van der Waals surface area (Å²) in [4.78, 5) is 33.7. The molecule has 9 heteroatoms. The summed E-state index contributed by atoms with van der Waals surface area (Å²) in [6.07, 6.45) is 3.18. The van der Waals surface area contributed by atoms with Crippen molar-refractivity contribution in [2.24, 2.45) is 0 Å². The molecule has 2 aromatic heterocycles. The molecule has 28 heavy (non-hydrogen) atoms. The number of aromatic amines is 1. The number of amides is 1. The Balaban J connectivity index is 1.81. The van der Waals surface area contributed by atoms with Crippen molar-refractivity contribution < 1.29 is 9.53 Å². The molecule has 7 nitrogen and oxygen atoms in total. The van der Waals surface area contributed by atoms with Crippen LogP contribution in [0.1, 0.15) is 12.8 Å². The summed E-state index contributed by atoms with van der Waals surface area (Å²) >= 11 is 5.68. The average Bonchev–Trinajstić information content (AvgIpc) is 2.70. The number of ether oxygens (including phenoxy) is 1. The monoisotopic (exact) mass is 556 g/mol. The molecule has 0 radical (unpaired) electrons. The minimum absolute atomic E-state index is 0.0595. The molecule has 1 atom stereocenters. The van der Waals surface area contributed by atoms with Gasteiger partial charge >= 0.3 is 6.09 Å². The second-order valence-corrected chi connectivity index (χ2v) is 8.82. The van der Waals surface area contributed by atoms with Gasteiger partial charge in [-0.1, -0.05) is 15.9 Å². The Kier molecular flexibility index (Phi) is 5.46. The highest BCUT2D eigenvalue weighted by Crippen LogP contribution is 2.32. The van der Waals surface area contributed by atoms with Crippen molar-refractivity contribution in [3.63, 3.8) is 0 Å². The zero-order valence-corrected chi connectivity index (χ0v) is 18.8. The Hall–Kier alpha value is -1.88. The Morgan fingerprint density at radius 1 is 1.43 bits per heavy atom. The van der Waals surface area contributed by atoms with Crippen molar-refractivity contribution in [1.82, 2.24) is 14.9 Å². The minimum atomic E-state index is -0.312.